The first-order chi connectivity index (χ1) is 12.0. The van der Waals surface area contributed by atoms with Crippen molar-refractivity contribution >= 4 is 17.5 Å². The second kappa shape index (κ2) is 6.17. The molecule has 0 unspecified atom stereocenters. The van der Waals surface area contributed by atoms with Crippen molar-refractivity contribution < 1.29 is 4.79 Å². The van der Waals surface area contributed by atoms with Crippen molar-refractivity contribution in [3.8, 4) is 0 Å². The number of hydrogen-bond acceptors (Lipinski definition) is 1. The van der Waals surface area contributed by atoms with Crippen molar-refractivity contribution in [2.24, 2.45) is 11.3 Å². The van der Waals surface area contributed by atoms with E-state index in [4.69, 9.17) is 11.6 Å². The maximum Gasteiger partial charge on any atom is 0.226 e. The second-order valence-corrected chi connectivity index (χ2v) is 8.24. The van der Waals surface area contributed by atoms with Crippen LogP contribution in [-0.2, 0) is 4.79 Å². The molecular formula is C22H24ClNO. The molecule has 1 aliphatic carbocycles. The van der Waals surface area contributed by atoms with Crippen LogP contribution in [0.2, 0.25) is 5.02 Å². The van der Waals surface area contributed by atoms with Gasteiger partial charge >= 0.3 is 0 Å². The first kappa shape index (κ1) is 16.7. The Labute approximate surface area is 154 Å². The number of nitrogens with one attached hydrogen (secondary N) is 1. The number of hydrogen-bond donors (Lipinski definition) is 1. The highest BCUT2D eigenvalue weighted by Crippen LogP contribution is 2.57. The summed E-state index contributed by atoms with van der Waals surface area (Å²) >= 11 is 6.56. The van der Waals surface area contributed by atoms with Crippen LogP contribution in [-0.4, -0.2) is 12.5 Å². The monoisotopic (exact) mass is 353 g/mol. The number of carbonyl (C=O) groups is 1. The molecule has 0 radical (unpaired) electrons. The molecule has 1 heterocycles. The second-order valence-electron chi connectivity index (χ2n) is 7.84. The summed E-state index contributed by atoms with van der Waals surface area (Å²) in [6, 6.07) is 17.0. The highest BCUT2D eigenvalue weighted by Gasteiger charge is 2.54. The highest BCUT2D eigenvalue weighted by molar-refractivity contribution is 6.31. The number of aryl methyl sites for hydroxylation is 1. The minimum absolute atomic E-state index is 0.215. The van der Waals surface area contributed by atoms with E-state index in [1.807, 2.05) is 12.1 Å². The molecular weight excluding hydrogens is 330 g/mol. The molecule has 2 fully saturated rings. The van der Waals surface area contributed by atoms with Crippen LogP contribution in [0.5, 0.6) is 0 Å². The molecule has 0 aromatic heterocycles. The van der Waals surface area contributed by atoms with Crippen molar-refractivity contribution in [2.45, 2.75) is 38.5 Å². The molecule has 25 heavy (non-hydrogen) atoms. The van der Waals surface area contributed by atoms with Gasteiger partial charge in [-0.1, -0.05) is 66.6 Å². The van der Waals surface area contributed by atoms with E-state index in [9.17, 15) is 4.79 Å². The molecule has 1 saturated heterocycles. The average Bonchev–Trinajstić information content (AvgIpc) is 2.91. The highest BCUT2D eigenvalue weighted by atomic mass is 35.5. The molecule has 2 nitrogen and oxygen atoms in total. The van der Waals surface area contributed by atoms with Gasteiger partial charge < -0.3 is 5.32 Å². The van der Waals surface area contributed by atoms with Crippen LogP contribution < -0.4 is 5.32 Å². The predicted molar refractivity (Wildman–Crippen MR) is 102 cm³/mol. The summed E-state index contributed by atoms with van der Waals surface area (Å²) in [6.45, 7) is 5.01. The van der Waals surface area contributed by atoms with Gasteiger partial charge in [-0.2, -0.15) is 0 Å². The van der Waals surface area contributed by atoms with Crippen molar-refractivity contribution in [3.05, 3.63) is 70.2 Å². The van der Waals surface area contributed by atoms with Crippen LogP contribution >= 0.6 is 11.6 Å². The van der Waals surface area contributed by atoms with E-state index in [2.05, 4.69) is 55.6 Å². The van der Waals surface area contributed by atoms with E-state index in [-0.39, 0.29) is 11.3 Å². The molecule has 0 bridgehead atoms. The summed E-state index contributed by atoms with van der Waals surface area (Å²) < 4.78 is 0. The number of fused-ring (bicyclic) bond motifs is 1. The van der Waals surface area contributed by atoms with Crippen LogP contribution in [0.15, 0.2) is 48.5 Å². The van der Waals surface area contributed by atoms with E-state index in [0.29, 0.717) is 17.8 Å². The minimum atomic E-state index is -0.271. The third-order valence-corrected chi connectivity index (χ3v) is 6.77. The Bertz CT molecular complexity index is 800. The van der Waals surface area contributed by atoms with Gasteiger partial charge in [-0.05, 0) is 54.7 Å². The van der Waals surface area contributed by atoms with Gasteiger partial charge in [0, 0.05) is 11.6 Å². The fourth-order valence-corrected chi connectivity index (χ4v) is 5.19. The van der Waals surface area contributed by atoms with E-state index in [1.165, 1.54) is 16.7 Å². The van der Waals surface area contributed by atoms with E-state index in [0.717, 1.165) is 24.4 Å². The SMILES string of the molecule is Cc1ccc([C@H]2[C@H](c3ccccc3Cl)CC[C@@]3(C)C(=O)NC[C@@H]23)cc1. The Morgan fingerprint density at radius 2 is 1.84 bits per heavy atom. The molecule has 1 saturated carbocycles. The van der Waals surface area contributed by atoms with Gasteiger partial charge in [-0.3, -0.25) is 4.79 Å². The zero-order chi connectivity index (χ0) is 17.6. The molecule has 2 aromatic carbocycles. The standard InChI is InChI=1S/C22H24ClNO/c1-14-7-9-15(10-8-14)20-17(16-5-3-4-6-19(16)23)11-12-22(2)18(20)13-24-21(22)25/h3-10,17-18,20H,11-13H2,1-2H3,(H,24,25)/t17-,18-,20-,22+/m0/s1. The molecule has 2 aromatic rings. The fourth-order valence-electron chi connectivity index (χ4n) is 4.91. The molecule has 4 rings (SSSR count). The molecule has 4 atom stereocenters. The summed E-state index contributed by atoms with van der Waals surface area (Å²) in [5.41, 5.74) is 3.53. The van der Waals surface area contributed by atoms with Crippen LogP contribution in [0.1, 0.15) is 48.3 Å². The average molecular weight is 354 g/mol. The van der Waals surface area contributed by atoms with E-state index < -0.39 is 0 Å². The van der Waals surface area contributed by atoms with E-state index in [1.54, 1.807) is 0 Å². The van der Waals surface area contributed by atoms with Crippen LogP contribution in [0.4, 0.5) is 0 Å². The third kappa shape index (κ3) is 2.67. The van der Waals surface area contributed by atoms with Gasteiger partial charge in [0.15, 0.2) is 0 Å². The lowest BCUT2D eigenvalue weighted by Crippen LogP contribution is -2.41. The lowest BCUT2D eigenvalue weighted by Gasteiger charge is -2.45. The van der Waals surface area contributed by atoms with Gasteiger partial charge in [-0.15, -0.1) is 0 Å². The van der Waals surface area contributed by atoms with Crippen molar-refractivity contribution in [2.75, 3.05) is 6.54 Å². The zero-order valence-corrected chi connectivity index (χ0v) is 15.5. The minimum Gasteiger partial charge on any atom is -0.355 e. The Morgan fingerprint density at radius 3 is 2.56 bits per heavy atom. The predicted octanol–water partition coefficient (Wildman–Crippen LogP) is 5.06. The normalized spacial score (nSPS) is 31.5. The third-order valence-electron chi connectivity index (χ3n) is 6.43. The molecule has 1 N–H and O–H groups in total. The summed E-state index contributed by atoms with van der Waals surface area (Å²) in [4.78, 5) is 12.5. The largest absolute Gasteiger partial charge is 0.355 e. The summed E-state index contributed by atoms with van der Waals surface area (Å²) in [7, 11) is 0. The topological polar surface area (TPSA) is 29.1 Å². The number of benzene rings is 2. The van der Waals surface area contributed by atoms with Gasteiger partial charge in [0.25, 0.3) is 0 Å². The summed E-state index contributed by atoms with van der Waals surface area (Å²) in [5, 5.41) is 3.97. The van der Waals surface area contributed by atoms with Crippen LogP contribution in [0.3, 0.4) is 0 Å². The first-order valence-corrected chi connectivity index (χ1v) is 9.48. The molecule has 3 heteroatoms. The number of carbonyl (C=O) groups excluding carboxylic acids is 1. The Balaban J connectivity index is 1.82. The maximum atomic E-state index is 12.5. The maximum absolute atomic E-state index is 12.5. The lowest BCUT2D eigenvalue weighted by molar-refractivity contribution is -0.129. The fraction of sp³-hybridized carbons (Fsp3) is 0.409. The molecule has 0 spiro atoms. The van der Waals surface area contributed by atoms with Crippen LogP contribution in [0, 0.1) is 18.3 Å². The smallest absolute Gasteiger partial charge is 0.226 e. The zero-order valence-electron chi connectivity index (χ0n) is 14.8. The quantitative estimate of drug-likeness (QED) is 0.803. The molecule has 130 valence electrons. The van der Waals surface area contributed by atoms with Crippen LogP contribution in [0.25, 0.3) is 0 Å². The number of halogens is 1. The van der Waals surface area contributed by atoms with Gasteiger partial charge in [0.2, 0.25) is 5.91 Å². The number of rotatable bonds is 2. The van der Waals surface area contributed by atoms with Crippen molar-refractivity contribution in [1.29, 1.82) is 0 Å². The van der Waals surface area contributed by atoms with Crippen molar-refractivity contribution in [1.82, 2.24) is 5.32 Å². The van der Waals surface area contributed by atoms with Gasteiger partial charge in [0.1, 0.15) is 0 Å². The molecule has 2 aliphatic rings. The first-order valence-electron chi connectivity index (χ1n) is 9.10. The summed E-state index contributed by atoms with van der Waals surface area (Å²) in [6.07, 6.45) is 1.91. The Kier molecular flexibility index (Phi) is 4.11. The van der Waals surface area contributed by atoms with Gasteiger partial charge in [0.05, 0.1) is 5.41 Å². The Hall–Kier alpha value is -1.80. The molecule has 1 amide bonds. The Morgan fingerprint density at radius 1 is 1.12 bits per heavy atom. The molecule has 1 aliphatic heterocycles. The van der Waals surface area contributed by atoms with Crippen molar-refractivity contribution in [3.63, 3.8) is 0 Å². The van der Waals surface area contributed by atoms with Gasteiger partial charge in [-0.25, -0.2) is 0 Å². The van der Waals surface area contributed by atoms with E-state index >= 15 is 0 Å². The number of amides is 1. The lowest BCUT2D eigenvalue weighted by atomic mass is 9.57. The summed E-state index contributed by atoms with van der Waals surface area (Å²) in [5.74, 6) is 1.17.